The summed E-state index contributed by atoms with van der Waals surface area (Å²) in [5.74, 6) is -2.18. The van der Waals surface area contributed by atoms with E-state index < -0.39 is 11.6 Å². The number of halogens is 2. The summed E-state index contributed by atoms with van der Waals surface area (Å²) in [6, 6.07) is 2.08. The van der Waals surface area contributed by atoms with Crippen LogP contribution >= 0.6 is 0 Å². The fourth-order valence-corrected chi connectivity index (χ4v) is 1.37. The van der Waals surface area contributed by atoms with Gasteiger partial charge >= 0.3 is 0 Å². The van der Waals surface area contributed by atoms with E-state index >= 15 is 0 Å². The number of methoxy groups -OCH3 is 1. The monoisotopic (exact) mass is 211 g/mol. The fourth-order valence-electron chi connectivity index (χ4n) is 1.37. The highest BCUT2D eigenvalue weighted by molar-refractivity contribution is 5.87. The molecule has 0 aliphatic carbocycles. The number of aromatic hydroxyl groups is 1. The predicted molar refractivity (Wildman–Crippen MR) is 49.9 cm³/mol. The van der Waals surface area contributed by atoms with E-state index in [0.29, 0.717) is 0 Å². The standard InChI is InChI=1S/C10H7F2NO2/c1-15-7-4-5(11)10-8(9(7)12)6(14)2-3-13-10/h2-4H,1H3,(H,13,14). The molecule has 0 saturated heterocycles. The Labute approximate surface area is 83.9 Å². The average Bonchev–Trinajstić information content (AvgIpc) is 2.23. The molecule has 1 aromatic carbocycles. The lowest BCUT2D eigenvalue weighted by Crippen LogP contribution is -1.94. The zero-order chi connectivity index (χ0) is 11.0. The average molecular weight is 211 g/mol. The number of nitrogens with zero attached hydrogens (tertiary/aromatic N) is 1. The number of ether oxygens (including phenoxy) is 1. The van der Waals surface area contributed by atoms with E-state index in [2.05, 4.69) is 9.72 Å². The lowest BCUT2D eigenvalue weighted by atomic mass is 10.1. The van der Waals surface area contributed by atoms with Gasteiger partial charge in [0.15, 0.2) is 17.4 Å². The highest BCUT2D eigenvalue weighted by Crippen LogP contribution is 2.32. The maximum Gasteiger partial charge on any atom is 0.178 e. The van der Waals surface area contributed by atoms with E-state index in [1.807, 2.05) is 0 Å². The summed E-state index contributed by atoms with van der Waals surface area (Å²) in [6.07, 6.45) is 1.20. The molecule has 3 nitrogen and oxygen atoms in total. The number of hydrogen-bond acceptors (Lipinski definition) is 3. The van der Waals surface area contributed by atoms with E-state index in [1.165, 1.54) is 19.4 Å². The van der Waals surface area contributed by atoms with E-state index in [-0.39, 0.29) is 22.4 Å². The molecule has 1 heterocycles. The van der Waals surface area contributed by atoms with Crippen molar-refractivity contribution < 1.29 is 18.6 Å². The van der Waals surface area contributed by atoms with Crippen molar-refractivity contribution in [2.75, 3.05) is 7.11 Å². The lowest BCUT2D eigenvalue weighted by molar-refractivity contribution is 0.384. The first kappa shape index (κ1) is 9.64. The smallest absolute Gasteiger partial charge is 0.178 e. The zero-order valence-electron chi connectivity index (χ0n) is 7.79. The van der Waals surface area contributed by atoms with Crippen LogP contribution < -0.4 is 4.74 Å². The number of aromatic nitrogens is 1. The highest BCUT2D eigenvalue weighted by Gasteiger charge is 2.16. The van der Waals surface area contributed by atoms with Crippen molar-refractivity contribution in [2.24, 2.45) is 0 Å². The minimum atomic E-state index is -0.820. The van der Waals surface area contributed by atoms with Gasteiger partial charge in [-0.2, -0.15) is 0 Å². The Bertz CT molecular complexity index is 528. The van der Waals surface area contributed by atoms with Gasteiger partial charge in [0.1, 0.15) is 11.3 Å². The minimum absolute atomic E-state index is 0.215. The van der Waals surface area contributed by atoms with Gasteiger partial charge in [-0.05, 0) is 6.07 Å². The van der Waals surface area contributed by atoms with Crippen molar-refractivity contribution in [1.82, 2.24) is 4.98 Å². The van der Waals surface area contributed by atoms with Gasteiger partial charge in [-0.15, -0.1) is 0 Å². The van der Waals surface area contributed by atoms with E-state index in [0.717, 1.165) is 6.07 Å². The molecular formula is C10H7F2NO2. The third-order valence-electron chi connectivity index (χ3n) is 2.07. The van der Waals surface area contributed by atoms with Crippen LogP contribution in [0.15, 0.2) is 18.3 Å². The predicted octanol–water partition coefficient (Wildman–Crippen LogP) is 2.23. The number of hydrogen-bond donors (Lipinski definition) is 1. The molecule has 0 spiro atoms. The number of rotatable bonds is 1. The highest BCUT2D eigenvalue weighted by atomic mass is 19.1. The van der Waals surface area contributed by atoms with Gasteiger partial charge < -0.3 is 9.84 Å². The molecule has 1 N–H and O–H groups in total. The summed E-state index contributed by atoms with van der Waals surface area (Å²) in [4.78, 5) is 3.65. The van der Waals surface area contributed by atoms with Crippen molar-refractivity contribution in [3.63, 3.8) is 0 Å². The first-order valence-electron chi connectivity index (χ1n) is 4.15. The van der Waals surface area contributed by atoms with Crippen LogP contribution in [0.2, 0.25) is 0 Å². The molecule has 1 aromatic heterocycles. The van der Waals surface area contributed by atoms with Crippen LogP contribution in [0.25, 0.3) is 10.9 Å². The maximum absolute atomic E-state index is 13.6. The Morgan fingerprint density at radius 2 is 2.13 bits per heavy atom. The molecule has 0 unspecified atom stereocenters. The molecule has 0 bridgehead atoms. The van der Waals surface area contributed by atoms with Crippen LogP contribution in [-0.2, 0) is 0 Å². The molecule has 5 heteroatoms. The molecule has 78 valence electrons. The molecule has 15 heavy (non-hydrogen) atoms. The molecule has 0 aliphatic heterocycles. The van der Waals surface area contributed by atoms with Crippen molar-refractivity contribution in [3.8, 4) is 11.5 Å². The van der Waals surface area contributed by atoms with Crippen LogP contribution in [0.5, 0.6) is 11.5 Å². The number of fused-ring (bicyclic) bond motifs is 1. The van der Waals surface area contributed by atoms with E-state index in [1.54, 1.807) is 0 Å². The normalized spacial score (nSPS) is 10.6. The minimum Gasteiger partial charge on any atom is -0.507 e. The van der Waals surface area contributed by atoms with Crippen LogP contribution in [0.4, 0.5) is 8.78 Å². The summed E-state index contributed by atoms with van der Waals surface area (Å²) in [5.41, 5.74) is -0.215. The van der Waals surface area contributed by atoms with Crippen molar-refractivity contribution in [3.05, 3.63) is 30.0 Å². The number of pyridine rings is 1. The summed E-state index contributed by atoms with van der Waals surface area (Å²) in [7, 11) is 1.22. The van der Waals surface area contributed by atoms with Crippen LogP contribution in [0, 0.1) is 11.6 Å². The van der Waals surface area contributed by atoms with Gasteiger partial charge in [0.25, 0.3) is 0 Å². The van der Waals surface area contributed by atoms with Gasteiger partial charge in [0, 0.05) is 12.3 Å². The largest absolute Gasteiger partial charge is 0.507 e. The van der Waals surface area contributed by atoms with Gasteiger partial charge in [0.05, 0.1) is 12.5 Å². The van der Waals surface area contributed by atoms with Crippen LogP contribution in [-0.4, -0.2) is 17.2 Å². The Hall–Kier alpha value is -1.91. The molecule has 0 amide bonds. The van der Waals surface area contributed by atoms with Gasteiger partial charge in [-0.25, -0.2) is 8.78 Å². The molecule has 0 radical (unpaired) electrons. The van der Waals surface area contributed by atoms with Crippen molar-refractivity contribution >= 4 is 10.9 Å². The molecule has 0 fully saturated rings. The third-order valence-corrected chi connectivity index (χ3v) is 2.07. The van der Waals surface area contributed by atoms with Crippen LogP contribution in [0.1, 0.15) is 0 Å². The van der Waals surface area contributed by atoms with E-state index in [9.17, 15) is 13.9 Å². The zero-order valence-corrected chi connectivity index (χ0v) is 7.79. The Morgan fingerprint density at radius 3 is 2.80 bits per heavy atom. The second kappa shape index (κ2) is 3.34. The van der Waals surface area contributed by atoms with Gasteiger partial charge in [0.2, 0.25) is 0 Å². The topological polar surface area (TPSA) is 42.4 Å². The second-order valence-corrected chi connectivity index (χ2v) is 2.93. The number of benzene rings is 1. The first-order chi connectivity index (χ1) is 7.15. The molecule has 0 aliphatic rings. The molecule has 2 rings (SSSR count). The molecular weight excluding hydrogens is 204 g/mol. The molecule has 0 saturated carbocycles. The van der Waals surface area contributed by atoms with Crippen LogP contribution in [0.3, 0.4) is 0 Å². The summed E-state index contributed by atoms with van der Waals surface area (Å²) in [6.45, 7) is 0. The van der Waals surface area contributed by atoms with Gasteiger partial charge in [-0.1, -0.05) is 0 Å². The SMILES string of the molecule is COc1cc(F)c2nccc(O)c2c1F. The lowest BCUT2D eigenvalue weighted by Gasteiger charge is -2.06. The summed E-state index contributed by atoms with van der Waals surface area (Å²) >= 11 is 0. The summed E-state index contributed by atoms with van der Waals surface area (Å²) in [5, 5.41) is 9.13. The Balaban J connectivity index is 2.95. The Morgan fingerprint density at radius 1 is 1.40 bits per heavy atom. The van der Waals surface area contributed by atoms with Gasteiger partial charge in [-0.3, -0.25) is 4.98 Å². The first-order valence-corrected chi connectivity index (χ1v) is 4.15. The third kappa shape index (κ3) is 1.36. The Kier molecular flexibility index (Phi) is 2.15. The molecule has 0 atom stereocenters. The molecule has 2 aromatic rings. The fraction of sp³-hybridized carbons (Fsp3) is 0.100. The van der Waals surface area contributed by atoms with E-state index in [4.69, 9.17) is 0 Å². The quantitative estimate of drug-likeness (QED) is 0.786. The summed E-state index contributed by atoms with van der Waals surface area (Å²) < 4.78 is 31.6. The van der Waals surface area contributed by atoms with Crippen molar-refractivity contribution in [1.29, 1.82) is 0 Å². The van der Waals surface area contributed by atoms with Crippen molar-refractivity contribution in [2.45, 2.75) is 0 Å². The maximum atomic E-state index is 13.6. The second-order valence-electron chi connectivity index (χ2n) is 2.93.